The van der Waals surface area contributed by atoms with Gasteiger partial charge in [-0.2, -0.15) is 0 Å². The number of aryl methyl sites for hydroxylation is 1. The Morgan fingerprint density at radius 1 is 0.867 bits per heavy atom. The summed E-state index contributed by atoms with van der Waals surface area (Å²) in [7, 11) is -0.746. The predicted molar refractivity (Wildman–Crippen MR) is 116 cm³/mol. The van der Waals surface area contributed by atoms with Crippen molar-refractivity contribution in [3.8, 4) is 11.5 Å². The first-order chi connectivity index (χ1) is 14.3. The fraction of sp³-hybridized carbons (Fsp3) is 0.136. The molecule has 0 saturated heterocycles. The highest BCUT2D eigenvalue weighted by atomic mass is 32.2. The largest absolute Gasteiger partial charge is 0.497 e. The molecule has 0 radical (unpaired) electrons. The summed E-state index contributed by atoms with van der Waals surface area (Å²) < 4.78 is 38.2. The quantitative estimate of drug-likeness (QED) is 0.594. The molecule has 3 rings (SSSR count). The van der Waals surface area contributed by atoms with Crippen LogP contribution >= 0.6 is 0 Å². The van der Waals surface area contributed by atoms with E-state index in [1.165, 1.54) is 38.5 Å². The molecule has 0 spiro atoms. The maximum absolute atomic E-state index is 12.6. The normalized spacial score (nSPS) is 10.9. The Balaban J connectivity index is 1.76. The minimum Gasteiger partial charge on any atom is -0.497 e. The Bertz CT molecular complexity index is 1140. The molecule has 8 heteroatoms. The Hall–Kier alpha value is -3.52. The Morgan fingerprint density at radius 3 is 2.03 bits per heavy atom. The number of para-hydroxylation sites is 1. The summed E-state index contributed by atoms with van der Waals surface area (Å²) in [6.45, 7) is 1.82. The van der Waals surface area contributed by atoms with Gasteiger partial charge in [-0.05, 0) is 55.0 Å². The summed E-state index contributed by atoms with van der Waals surface area (Å²) in [4.78, 5) is 12.6. The van der Waals surface area contributed by atoms with Crippen molar-refractivity contribution in [2.45, 2.75) is 11.8 Å². The lowest BCUT2D eigenvalue weighted by Gasteiger charge is -2.12. The molecule has 0 saturated carbocycles. The van der Waals surface area contributed by atoms with Gasteiger partial charge in [0.05, 0.1) is 24.8 Å². The highest BCUT2D eigenvalue weighted by Crippen LogP contribution is 2.24. The lowest BCUT2D eigenvalue weighted by Crippen LogP contribution is -2.15. The summed E-state index contributed by atoms with van der Waals surface area (Å²) in [5, 5.41) is 2.73. The molecule has 3 aromatic carbocycles. The van der Waals surface area contributed by atoms with E-state index in [9.17, 15) is 13.2 Å². The zero-order valence-electron chi connectivity index (χ0n) is 16.8. The summed E-state index contributed by atoms with van der Waals surface area (Å²) >= 11 is 0. The molecule has 3 aromatic rings. The molecular formula is C22H22N2O5S. The van der Waals surface area contributed by atoms with E-state index in [0.717, 1.165) is 5.56 Å². The fourth-order valence-electron chi connectivity index (χ4n) is 2.75. The maximum Gasteiger partial charge on any atom is 0.261 e. The van der Waals surface area contributed by atoms with Gasteiger partial charge in [0.15, 0.2) is 0 Å². The number of hydrogen-bond donors (Lipinski definition) is 2. The number of nitrogens with one attached hydrogen (secondary N) is 2. The van der Waals surface area contributed by atoms with Crippen LogP contribution in [0.5, 0.6) is 11.5 Å². The molecule has 0 aromatic heterocycles. The van der Waals surface area contributed by atoms with E-state index in [1.807, 2.05) is 19.1 Å². The van der Waals surface area contributed by atoms with E-state index in [-0.39, 0.29) is 10.8 Å². The molecule has 0 bridgehead atoms. The number of ether oxygens (including phenoxy) is 2. The van der Waals surface area contributed by atoms with E-state index >= 15 is 0 Å². The molecule has 0 unspecified atom stereocenters. The predicted octanol–water partition coefficient (Wildman–Crippen LogP) is 4.07. The van der Waals surface area contributed by atoms with Gasteiger partial charge in [-0.25, -0.2) is 8.42 Å². The third kappa shape index (κ3) is 4.90. The van der Waals surface area contributed by atoms with Gasteiger partial charge in [0.2, 0.25) is 0 Å². The summed E-state index contributed by atoms with van der Waals surface area (Å²) in [5.41, 5.74) is 2.14. The molecule has 1 amide bonds. The first kappa shape index (κ1) is 21.2. The number of carbonyl (C=O) groups excluding carboxylic acids is 1. The van der Waals surface area contributed by atoms with Gasteiger partial charge >= 0.3 is 0 Å². The smallest absolute Gasteiger partial charge is 0.261 e. The molecule has 30 heavy (non-hydrogen) atoms. The van der Waals surface area contributed by atoms with Crippen molar-refractivity contribution >= 4 is 27.3 Å². The number of sulfonamides is 1. The average molecular weight is 426 g/mol. The van der Waals surface area contributed by atoms with E-state index in [0.29, 0.717) is 28.4 Å². The standard InChI is InChI=1S/C22H22N2O5S/c1-15-6-4-5-7-21(15)24-30(26,27)20-10-8-17(9-11-20)23-22(25)16-12-18(28-2)14-19(13-16)29-3/h4-14,24H,1-3H3,(H,23,25). The van der Waals surface area contributed by atoms with Crippen LogP contribution in [0.2, 0.25) is 0 Å². The monoisotopic (exact) mass is 426 g/mol. The van der Waals surface area contributed by atoms with Crippen LogP contribution in [0.3, 0.4) is 0 Å². The van der Waals surface area contributed by atoms with Gasteiger partial charge in [0.25, 0.3) is 15.9 Å². The van der Waals surface area contributed by atoms with Crippen LogP contribution in [0, 0.1) is 6.92 Å². The number of amides is 1. The van der Waals surface area contributed by atoms with E-state index in [4.69, 9.17) is 9.47 Å². The SMILES string of the molecule is COc1cc(OC)cc(C(=O)Nc2ccc(S(=O)(=O)Nc3ccccc3C)cc2)c1. The molecule has 0 heterocycles. The van der Waals surface area contributed by atoms with Crippen molar-refractivity contribution in [3.63, 3.8) is 0 Å². The van der Waals surface area contributed by atoms with Crippen molar-refractivity contribution in [2.75, 3.05) is 24.3 Å². The van der Waals surface area contributed by atoms with Gasteiger partial charge in [0, 0.05) is 17.3 Å². The molecule has 0 fully saturated rings. The van der Waals surface area contributed by atoms with Crippen LogP contribution in [0.15, 0.2) is 71.6 Å². The lowest BCUT2D eigenvalue weighted by molar-refractivity contribution is 0.102. The van der Waals surface area contributed by atoms with Gasteiger partial charge in [-0.3, -0.25) is 9.52 Å². The lowest BCUT2D eigenvalue weighted by atomic mass is 10.2. The fourth-order valence-corrected chi connectivity index (χ4v) is 3.88. The van der Waals surface area contributed by atoms with Crippen LogP contribution in [-0.4, -0.2) is 28.5 Å². The van der Waals surface area contributed by atoms with Gasteiger partial charge in [0.1, 0.15) is 11.5 Å². The zero-order chi connectivity index (χ0) is 21.7. The van der Waals surface area contributed by atoms with Crippen LogP contribution in [-0.2, 0) is 10.0 Å². The van der Waals surface area contributed by atoms with Gasteiger partial charge in [-0.1, -0.05) is 18.2 Å². The maximum atomic E-state index is 12.6. The number of hydrogen-bond acceptors (Lipinski definition) is 5. The van der Waals surface area contributed by atoms with Crippen molar-refractivity contribution < 1.29 is 22.7 Å². The topological polar surface area (TPSA) is 93.7 Å². The van der Waals surface area contributed by atoms with Crippen molar-refractivity contribution in [1.82, 2.24) is 0 Å². The Kier molecular flexibility index (Phi) is 6.27. The van der Waals surface area contributed by atoms with E-state index in [2.05, 4.69) is 10.0 Å². The molecule has 0 aliphatic rings. The van der Waals surface area contributed by atoms with Crippen LogP contribution in [0.4, 0.5) is 11.4 Å². The molecule has 156 valence electrons. The molecule has 0 aliphatic heterocycles. The first-order valence-corrected chi connectivity index (χ1v) is 10.5. The van der Waals surface area contributed by atoms with Crippen molar-refractivity contribution in [1.29, 1.82) is 0 Å². The molecule has 0 atom stereocenters. The molecular weight excluding hydrogens is 404 g/mol. The van der Waals surface area contributed by atoms with Crippen molar-refractivity contribution in [3.05, 3.63) is 77.9 Å². The van der Waals surface area contributed by atoms with Crippen LogP contribution in [0.25, 0.3) is 0 Å². The number of methoxy groups -OCH3 is 2. The first-order valence-electron chi connectivity index (χ1n) is 9.05. The third-order valence-electron chi connectivity index (χ3n) is 4.43. The van der Waals surface area contributed by atoms with Gasteiger partial charge < -0.3 is 14.8 Å². The highest BCUT2D eigenvalue weighted by Gasteiger charge is 2.16. The molecule has 0 aliphatic carbocycles. The number of carbonyl (C=O) groups is 1. The second-order valence-corrected chi connectivity index (χ2v) is 8.18. The number of rotatable bonds is 7. The average Bonchev–Trinajstić information content (AvgIpc) is 2.75. The minimum absolute atomic E-state index is 0.0896. The number of benzene rings is 3. The van der Waals surface area contributed by atoms with Crippen LogP contribution < -0.4 is 19.5 Å². The Morgan fingerprint density at radius 2 is 1.47 bits per heavy atom. The minimum atomic E-state index is -3.75. The second-order valence-electron chi connectivity index (χ2n) is 6.50. The molecule has 2 N–H and O–H groups in total. The highest BCUT2D eigenvalue weighted by molar-refractivity contribution is 7.92. The van der Waals surface area contributed by atoms with Crippen molar-refractivity contribution in [2.24, 2.45) is 0 Å². The second kappa shape index (κ2) is 8.87. The summed E-state index contributed by atoms with van der Waals surface area (Å²) in [6, 6.07) is 17.9. The van der Waals surface area contributed by atoms with Crippen LogP contribution in [0.1, 0.15) is 15.9 Å². The summed E-state index contributed by atoms with van der Waals surface area (Å²) in [5.74, 6) is 0.604. The van der Waals surface area contributed by atoms with E-state index in [1.54, 1.807) is 30.3 Å². The van der Waals surface area contributed by atoms with Gasteiger partial charge in [-0.15, -0.1) is 0 Å². The summed E-state index contributed by atoms with van der Waals surface area (Å²) in [6.07, 6.45) is 0. The molecule has 7 nitrogen and oxygen atoms in total. The van der Waals surface area contributed by atoms with E-state index < -0.39 is 10.0 Å². The number of anilines is 2. The zero-order valence-corrected chi connectivity index (χ0v) is 17.6. The third-order valence-corrected chi connectivity index (χ3v) is 5.81. The Labute approximate surface area is 175 Å².